The number of hydrogen-bond donors (Lipinski definition) is 2. The molecule has 3 unspecified atom stereocenters. The molecule has 3 heterocycles. The number of carboxylic acids is 1. The van der Waals surface area contributed by atoms with Crippen molar-refractivity contribution in [2.45, 2.75) is 110 Å². The van der Waals surface area contributed by atoms with Crippen LogP contribution in [0.2, 0.25) is 0 Å². The minimum atomic E-state index is -0.944. The third-order valence-electron chi connectivity index (χ3n) is 10.6. The number of aliphatic carboxylic acids is 1. The molecule has 3 rings (SSSR count). The predicted octanol–water partition coefficient (Wildman–Crippen LogP) is 5.65. The number of methoxy groups -OCH3 is 2. The fourth-order valence-corrected chi connectivity index (χ4v) is 8.01. The van der Waals surface area contributed by atoms with Gasteiger partial charge in [-0.1, -0.05) is 53.5 Å². The highest BCUT2D eigenvalue weighted by molar-refractivity contribution is 7.09. The van der Waals surface area contributed by atoms with Crippen molar-refractivity contribution in [3.05, 3.63) is 46.2 Å². The molecule has 0 radical (unpaired) electrons. The third-order valence-corrected chi connectivity index (χ3v) is 11.6. The number of carbonyl (C=O) groups is 4. The van der Waals surface area contributed by atoms with Crippen LogP contribution in [0, 0.1) is 23.7 Å². The molecule has 13 nitrogen and oxygen atoms in total. The summed E-state index contributed by atoms with van der Waals surface area (Å²) in [6, 6.07) is 4.53. The fraction of sp³-hybridized carbons (Fsp3) is 0.700. The highest BCUT2D eigenvalue weighted by Crippen LogP contribution is 2.33. The molecule has 0 spiro atoms. The number of rotatable bonds is 24. The molecule has 1 aliphatic rings. The van der Waals surface area contributed by atoms with E-state index in [4.69, 9.17) is 19.2 Å². The quantitative estimate of drug-likeness (QED) is 0.127. The van der Waals surface area contributed by atoms with E-state index in [0.717, 1.165) is 37.9 Å². The summed E-state index contributed by atoms with van der Waals surface area (Å²) < 4.78 is 17.0. The Morgan fingerprint density at radius 2 is 1.85 bits per heavy atom. The Labute approximate surface area is 325 Å². The van der Waals surface area contributed by atoms with E-state index >= 15 is 0 Å². The van der Waals surface area contributed by atoms with Gasteiger partial charge in [-0.3, -0.25) is 29.1 Å². The van der Waals surface area contributed by atoms with Gasteiger partial charge >= 0.3 is 5.97 Å². The lowest BCUT2D eigenvalue weighted by atomic mass is 9.82. The number of likely N-dealkylation sites (N-methyl/N-ethyl adjacent to an activating group) is 1. The lowest BCUT2D eigenvalue weighted by Crippen LogP contribution is -2.50. The van der Waals surface area contributed by atoms with E-state index in [-0.39, 0.29) is 60.9 Å². The highest BCUT2D eigenvalue weighted by atomic mass is 32.1. The number of thiazole rings is 1. The van der Waals surface area contributed by atoms with Gasteiger partial charge < -0.3 is 29.5 Å². The zero-order valence-electron chi connectivity index (χ0n) is 33.5. The molecule has 7 atom stereocenters. The van der Waals surface area contributed by atoms with Crippen molar-refractivity contribution >= 4 is 34.9 Å². The van der Waals surface area contributed by atoms with E-state index < -0.39 is 35.9 Å². The minimum absolute atomic E-state index is 0.00326. The molecule has 2 aromatic heterocycles. The Kier molecular flexibility index (Phi) is 19.1. The Morgan fingerprint density at radius 1 is 1.09 bits per heavy atom. The van der Waals surface area contributed by atoms with E-state index in [1.54, 1.807) is 31.7 Å². The second kappa shape index (κ2) is 22.9. The van der Waals surface area contributed by atoms with Gasteiger partial charge in [0, 0.05) is 75.3 Å². The van der Waals surface area contributed by atoms with E-state index in [1.165, 1.54) is 18.4 Å². The van der Waals surface area contributed by atoms with Crippen molar-refractivity contribution in [1.29, 1.82) is 0 Å². The van der Waals surface area contributed by atoms with Gasteiger partial charge in [0.05, 0.1) is 18.6 Å². The van der Waals surface area contributed by atoms with Gasteiger partial charge in [0.1, 0.15) is 23.6 Å². The summed E-state index contributed by atoms with van der Waals surface area (Å²) in [5.74, 6) is -2.47. The molecular weight excluding hydrogens is 711 g/mol. The standard InChI is InChI=1S/C40H63N5O8S/c1-9-27(4)31(22-35(46)33-15-11-13-17-44(33)6)39(48)45(18-19-51-7)34(26(2)3)23-36(53-25-52-8)38-43-32(24-54-38)37(47)42-30(20-28(5)40(49)50)21-29-14-10-12-16-41-29/h10,12,14,16,24,26-28,30-31,33-34,36H,9,11,13,15,17-23,25H2,1-8H3,(H,42,47)(H,49,50)/t27?,28-,30+,31?,33?,34+,36+/m0/s1. The minimum Gasteiger partial charge on any atom is -0.481 e. The second-order valence-corrected chi connectivity index (χ2v) is 15.9. The predicted molar refractivity (Wildman–Crippen MR) is 208 cm³/mol. The van der Waals surface area contributed by atoms with Crippen molar-refractivity contribution in [2.24, 2.45) is 23.7 Å². The topological polar surface area (TPSA) is 160 Å². The summed E-state index contributed by atoms with van der Waals surface area (Å²) in [4.78, 5) is 66.8. The van der Waals surface area contributed by atoms with E-state index in [1.807, 2.05) is 24.1 Å². The number of ketones is 1. The Bertz CT molecular complexity index is 1460. The van der Waals surface area contributed by atoms with E-state index in [0.29, 0.717) is 31.0 Å². The van der Waals surface area contributed by atoms with Crippen LogP contribution in [-0.4, -0.2) is 114 Å². The summed E-state index contributed by atoms with van der Waals surface area (Å²) in [5, 5.41) is 14.8. The Morgan fingerprint density at radius 3 is 2.46 bits per heavy atom. The van der Waals surface area contributed by atoms with Gasteiger partial charge in [-0.15, -0.1) is 11.3 Å². The van der Waals surface area contributed by atoms with Crippen LogP contribution in [0.15, 0.2) is 29.8 Å². The van der Waals surface area contributed by atoms with Gasteiger partial charge in [-0.2, -0.15) is 0 Å². The number of likely N-dealkylation sites (tertiary alicyclic amines) is 1. The summed E-state index contributed by atoms with van der Waals surface area (Å²) >= 11 is 1.28. The van der Waals surface area contributed by atoms with Crippen molar-refractivity contribution < 1.29 is 38.5 Å². The number of Topliss-reactive ketones (excluding diaryl/α,β-unsaturated/α-hetero) is 1. The second-order valence-electron chi connectivity index (χ2n) is 15.0. The molecule has 1 saturated heterocycles. The normalized spacial score (nSPS) is 18.4. The van der Waals surface area contributed by atoms with Crippen molar-refractivity contribution in [1.82, 2.24) is 25.1 Å². The molecule has 2 N–H and O–H groups in total. The number of nitrogens with zero attached hydrogens (tertiary/aromatic N) is 4. The smallest absolute Gasteiger partial charge is 0.306 e. The first-order chi connectivity index (χ1) is 25.8. The van der Waals surface area contributed by atoms with Gasteiger partial charge in [0.15, 0.2) is 5.78 Å². The Balaban J connectivity index is 1.88. The van der Waals surface area contributed by atoms with Crippen LogP contribution in [0.5, 0.6) is 0 Å². The monoisotopic (exact) mass is 773 g/mol. The molecule has 1 fully saturated rings. The number of aromatic nitrogens is 2. The largest absolute Gasteiger partial charge is 0.481 e. The highest BCUT2D eigenvalue weighted by Gasteiger charge is 2.38. The maximum Gasteiger partial charge on any atom is 0.306 e. The van der Waals surface area contributed by atoms with Gasteiger partial charge in [-0.25, -0.2) is 4.98 Å². The first-order valence-electron chi connectivity index (χ1n) is 19.3. The average Bonchev–Trinajstić information content (AvgIpc) is 3.65. The number of piperidine rings is 1. The maximum absolute atomic E-state index is 14.7. The molecule has 302 valence electrons. The molecule has 2 aromatic rings. The number of carboxylic acid groups (broad SMARTS) is 1. The third kappa shape index (κ3) is 13.5. The van der Waals surface area contributed by atoms with Gasteiger partial charge in [0.2, 0.25) is 5.91 Å². The zero-order chi connectivity index (χ0) is 39.8. The van der Waals surface area contributed by atoms with E-state index in [2.05, 4.69) is 42.9 Å². The lowest BCUT2D eigenvalue weighted by molar-refractivity contribution is -0.146. The molecule has 0 aliphatic carbocycles. The van der Waals surface area contributed by atoms with Crippen LogP contribution in [-0.2, 0) is 35.0 Å². The van der Waals surface area contributed by atoms with E-state index in [9.17, 15) is 24.3 Å². The number of ether oxygens (including phenoxy) is 3. The first-order valence-corrected chi connectivity index (χ1v) is 20.2. The molecule has 0 bridgehead atoms. The zero-order valence-corrected chi connectivity index (χ0v) is 34.3. The number of pyridine rings is 1. The molecular formula is C40H63N5O8S. The Hall–Kier alpha value is -3.30. The van der Waals surface area contributed by atoms with Crippen molar-refractivity contribution in [2.75, 3.05) is 47.8 Å². The van der Waals surface area contributed by atoms with Gasteiger partial charge in [-0.05, 0) is 56.8 Å². The molecule has 0 saturated carbocycles. The molecule has 0 aromatic carbocycles. The van der Waals surface area contributed by atoms with Gasteiger partial charge in [0.25, 0.3) is 5.91 Å². The molecule has 14 heteroatoms. The van der Waals surface area contributed by atoms with Crippen molar-refractivity contribution in [3.8, 4) is 0 Å². The van der Waals surface area contributed by atoms with Crippen LogP contribution < -0.4 is 5.32 Å². The summed E-state index contributed by atoms with van der Waals surface area (Å²) in [5.41, 5.74) is 0.924. The number of carbonyl (C=O) groups excluding carboxylic acids is 3. The first kappa shape index (κ1) is 45.1. The average molecular weight is 774 g/mol. The molecule has 2 amide bonds. The number of amides is 2. The van der Waals surface area contributed by atoms with Crippen LogP contribution in [0.25, 0.3) is 0 Å². The number of hydrogen-bond acceptors (Lipinski definition) is 11. The summed E-state index contributed by atoms with van der Waals surface area (Å²) in [6.45, 7) is 11.4. The number of nitrogens with one attached hydrogen (secondary N) is 1. The lowest BCUT2D eigenvalue weighted by Gasteiger charge is -2.40. The summed E-state index contributed by atoms with van der Waals surface area (Å²) in [7, 11) is 5.14. The molecule has 1 aliphatic heterocycles. The maximum atomic E-state index is 14.7. The van der Waals surface area contributed by atoms with Crippen LogP contribution in [0.1, 0.15) is 107 Å². The van der Waals surface area contributed by atoms with Crippen LogP contribution >= 0.6 is 11.3 Å². The van der Waals surface area contributed by atoms with Crippen molar-refractivity contribution in [3.63, 3.8) is 0 Å². The molecule has 54 heavy (non-hydrogen) atoms. The fourth-order valence-electron chi connectivity index (χ4n) is 7.15. The summed E-state index contributed by atoms with van der Waals surface area (Å²) in [6.07, 6.45) is 5.86. The van der Waals surface area contributed by atoms with Crippen LogP contribution in [0.3, 0.4) is 0 Å². The SMILES string of the molecule is CCC(C)C(CC(=O)C1CCCCN1C)C(=O)N(CCOC)[C@H](C[C@@H](OCOC)c1nc(C(=O)N[C@@H](Cc2ccccn2)C[C@H](C)C(=O)O)cs1)C(C)C. The van der Waals surface area contributed by atoms with Crippen LogP contribution in [0.4, 0.5) is 0 Å².